The van der Waals surface area contributed by atoms with Crippen LogP contribution in [0.2, 0.25) is 0 Å². The molecule has 0 aromatic heterocycles. The molecule has 0 aromatic rings. The molecule has 2 saturated heterocycles. The average Bonchev–Trinajstić information content (AvgIpc) is 3.03. The molecule has 21 heavy (non-hydrogen) atoms. The summed E-state index contributed by atoms with van der Waals surface area (Å²) in [5, 5.41) is 3.20. The third-order valence-electron chi connectivity index (χ3n) is 4.56. The van der Waals surface area contributed by atoms with Crippen molar-refractivity contribution in [3.05, 3.63) is 0 Å². The van der Waals surface area contributed by atoms with E-state index in [1.807, 2.05) is 11.9 Å². The number of ether oxygens (including phenoxy) is 2. The summed E-state index contributed by atoms with van der Waals surface area (Å²) in [7, 11) is 2.00. The van der Waals surface area contributed by atoms with Crippen molar-refractivity contribution in [1.29, 1.82) is 0 Å². The summed E-state index contributed by atoms with van der Waals surface area (Å²) in [6, 6.07) is 0. The largest absolute Gasteiger partial charge is 0.378 e. The van der Waals surface area contributed by atoms with Gasteiger partial charge >= 0.3 is 0 Å². The maximum Gasteiger partial charge on any atom is 0.224 e. The smallest absolute Gasteiger partial charge is 0.224 e. The summed E-state index contributed by atoms with van der Waals surface area (Å²) < 4.78 is 11.1. The van der Waals surface area contributed by atoms with Crippen molar-refractivity contribution in [1.82, 2.24) is 10.2 Å². The van der Waals surface area contributed by atoms with Gasteiger partial charge in [-0.3, -0.25) is 4.79 Å². The first-order valence-electron chi connectivity index (χ1n) is 8.41. The Morgan fingerprint density at radius 1 is 1.33 bits per heavy atom. The van der Waals surface area contributed by atoms with Gasteiger partial charge in [-0.05, 0) is 51.6 Å². The zero-order valence-corrected chi connectivity index (χ0v) is 13.3. The van der Waals surface area contributed by atoms with Crippen molar-refractivity contribution >= 4 is 5.91 Å². The van der Waals surface area contributed by atoms with Gasteiger partial charge in [0.1, 0.15) is 0 Å². The average molecular weight is 298 g/mol. The first kappa shape index (κ1) is 16.7. The van der Waals surface area contributed by atoms with Crippen molar-refractivity contribution in [3.63, 3.8) is 0 Å². The van der Waals surface area contributed by atoms with Crippen LogP contribution in [0, 0.1) is 5.92 Å². The highest BCUT2D eigenvalue weighted by Crippen LogP contribution is 2.20. The second kappa shape index (κ2) is 9.38. The number of piperidine rings is 1. The molecule has 1 unspecified atom stereocenters. The van der Waals surface area contributed by atoms with Crippen LogP contribution >= 0.6 is 0 Å². The zero-order chi connectivity index (χ0) is 14.9. The minimum Gasteiger partial charge on any atom is -0.378 e. The van der Waals surface area contributed by atoms with Crippen molar-refractivity contribution < 1.29 is 14.3 Å². The number of nitrogens with one attached hydrogen (secondary N) is 1. The molecule has 0 saturated carbocycles. The number of amides is 1. The molecule has 2 rings (SSSR count). The van der Waals surface area contributed by atoms with Crippen LogP contribution < -0.4 is 5.32 Å². The SMILES string of the molecule is CNCCC1CCN(C(=O)CCOCC2CCCO2)CC1. The Balaban J connectivity index is 1.52. The van der Waals surface area contributed by atoms with E-state index in [4.69, 9.17) is 9.47 Å². The lowest BCUT2D eigenvalue weighted by Crippen LogP contribution is -2.39. The lowest BCUT2D eigenvalue weighted by atomic mass is 9.93. The molecule has 2 fully saturated rings. The quantitative estimate of drug-likeness (QED) is 0.689. The van der Waals surface area contributed by atoms with Gasteiger partial charge < -0.3 is 19.7 Å². The normalized spacial score (nSPS) is 23.7. The monoisotopic (exact) mass is 298 g/mol. The third-order valence-corrected chi connectivity index (χ3v) is 4.56. The standard InChI is InChI=1S/C16H30N2O3/c1-17-8-4-14-5-9-18(10-6-14)16(19)7-12-20-13-15-3-2-11-21-15/h14-15,17H,2-13H2,1H3. The van der Waals surface area contributed by atoms with Crippen molar-refractivity contribution in [3.8, 4) is 0 Å². The Bertz CT molecular complexity index is 298. The molecule has 0 spiro atoms. The van der Waals surface area contributed by atoms with Crippen LogP contribution in [-0.2, 0) is 14.3 Å². The Kier molecular flexibility index (Phi) is 7.47. The molecular weight excluding hydrogens is 268 g/mol. The zero-order valence-electron chi connectivity index (χ0n) is 13.3. The molecule has 122 valence electrons. The van der Waals surface area contributed by atoms with Crippen molar-refractivity contribution in [2.75, 3.05) is 46.5 Å². The molecule has 5 heteroatoms. The molecular formula is C16H30N2O3. The summed E-state index contributed by atoms with van der Waals surface area (Å²) in [4.78, 5) is 14.1. The van der Waals surface area contributed by atoms with E-state index in [1.54, 1.807) is 0 Å². The molecule has 2 aliphatic rings. The molecule has 1 N–H and O–H groups in total. The number of hydrogen-bond donors (Lipinski definition) is 1. The van der Waals surface area contributed by atoms with Gasteiger partial charge in [-0.25, -0.2) is 0 Å². The minimum atomic E-state index is 0.245. The first-order valence-corrected chi connectivity index (χ1v) is 8.41. The maximum atomic E-state index is 12.1. The van der Waals surface area contributed by atoms with Crippen LogP contribution in [0.5, 0.6) is 0 Å². The van der Waals surface area contributed by atoms with Gasteiger partial charge in [0.15, 0.2) is 0 Å². The molecule has 0 radical (unpaired) electrons. The second-order valence-electron chi connectivity index (χ2n) is 6.18. The van der Waals surface area contributed by atoms with Crippen LogP contribution in [-0.4, -0.2) is 63.4 Å². The van der Waals surface area contributed by atoms with Gasteiger partial charge in [0, 0.05) is 19.7 Å². The molecule has 0 aliphatic carbocycles. The highest BCUT2D eigenvalue weighted by atomic mass is 16.5. The van der Waals surface area contributed by atoms with Gasteiger partial charge in [0.05, 0.1) is 25.7 Å². The van der Waals surface area contributed by atoms with Crippen LogP contribution in [0.3, 0.4) is 0 Å². The molecule has 2 aliphatic heterocycles. The molecule has 1 atom stereocenters. The van der Waals surface area contributed by atoms with E-state index in [1.165, 1.54) is 6.42 Å². The van der Waals surface area contributed by atoms with Gasteiger partial charge in [-0.2, -0.15) is 0 Å². The predicted octanol–water partition coefficient (Wildman–Crippen LogP) is 1.42. The third kappa shape index (κ3) is 5.93. The van der Waals surface area contributed by atoms with E-state index in [0.717, 1.165) is 57.8 Å². The lowest BCUT2D eigenvalue weighted by Gasteiger charge is -2.32. The Morgan fingerprint density at radius 2 is 2.14 bits per heavy atom. The maximum absolute atomic E-state index is 12.1. The van der Waals surface area contributed by atoms with Gasteiger partial charge in [0.2, 0.25) is 5.91 Å². The molecule has 5 nitrogen and oxygen atoms in total. The number of carbonyl (C=O) groups excluding carboxylic acids is 1. The number of nitrogens with zero attached hydrogens (tertiary/aromatic N) is 1. The molecule has 0 aromatic carbocycles. The van der Waals surface area contributed by atoms with Crippen LogP contribution in [0.1, 0.15) is 38.5 Å². The van der Waals surface area contributed by atoms with E-state index < -0.39 is 0 Å². The summed E-state index contributed by atoms with van der Waals surface area (Å²) >= 11 is 0. The topological polar surface area (TPSA) is 50.8 Å². The van der Waals surface area contributed by atoms with Gasteiger partial charge in [-0.1, -0.05) is 0 Å². The van der Waals surface area contributed by atoms with Gasteiger partial charge in [-0.15, -0.1) is 0 Å². The van der Waals surface area contributed by atoms with Crippen LogP contribution in [0.4, 0.5) is 0 Å². The Morgan fingerprint density at radius 3 is 2.81 bits per heavy atom. The van der Waals surface area contributed by atoms with Crippen molar-refractivity contribution in [2.45, 2.75) is 44.6 Å². The van der Waals surface area contributed by atoms with E-state index in [9.17, 15) is 4.79 Å². The second-order valence-corrected chi connectivity index (χ2v) is 6.18. The van der Waals surface area contributed by atoms with E-state index >= 15 is 0 Å². The summed E-state index contributed by atoms with van der Waals surface area (Å²) in [5.41, 5.74) is 0. The highest BCUT2D eigenvalue weighted by Gasteiger charge is 2.22. The van der Waals surface area contributed by atoms with Crippen molar-refractivity contribution in [2.24, 2.45) is 5.92 Å². The predicted molar refractivity (Wildman–Crippen MR) is 82.3 cm³/mol. The number of likely N-dealkylation sites (tertiary alicyclic amines) is 1. The fraction of sp³-hybridized carbons (Fsp3) is 0.938. The van der Waals surface area contributed by atoms with E-state index in [-0.39, 0.29) is 12.0 Å². The van der Waals surface area contributed by atoms with Crippen LogP contribution in [0.15, 0.2) is 0 Å². The summed E-state index contributed by atoms with van der Waals surface area (Å²) in [5.74, 6) is 1.02. The molecule has 2 heterocycles. The fourth-order valence-corrected chi connectivity index (χ4v) is 3.13. The lowest BCUT2D eigenvalue weighted by molar-refractivity contribution is -0.134. The van der Waals surface area contributed by atoms with E-state index in [0.29, 0.717) is 19.6 Å². The van der Waals surface area contributed by atoms with Crippen LogP contribution in [0.25, 0.3) is 0 Å². The molecule has 0 bridgehead atoms. The first-order chi connectivity index (χ1) is 10.3. The molecule has 1 amide bonds. The Labute approximate surface area is 128 Å². The number of hydrogen-bond acceptors (Lipinski definition) is 4. The summed E-state index contributed by atoms with van der Waals surface area (Å²) in [6.45, 7) is 4.93. The fourth-order valence-electron chi connectivity index (χ4n) is 3.13. The highest BCUT2D eigenvalue weighted by molar-refractivity contribution is 5.76. The van der Waals surface area contributed by atoms with E-state index in [2.05, 4.69) is 5.32 Å². The minimum absolute atomic E-state index is 0.245. The number of rotatable bonds is 8. The number of carbonyl (C=O) groups is 1. The Hall–Kier alpha value is -0.650. The summed E-state index contributed by atoms with van der Waals surface area (Å²) in [6.07, 6.45) is 6.50. The van der Waals surface area contributed by atoms with Gasteiger partial charge in [0.25, 0.3) is 0 Å².